The van der Waals surface area contributed by atoms with Crippen LogP contribution in [0.5, 0.6) is 0 Å². The number of aliphatic carboxylic acids is 1. The second kappa shape index (κ2) is 6.13. The Hall–Kier alpha value is -2.44. The van der Waals surface area contributed by atoms with Crippen LogP contribution in [0.4, 0.5) is 0 Å². The Kier molecular flexibility index (Phi) is 4.44. The third-order valence-corrected chi connectivity index (χ3v) is 3.56. The van der Waals surface area contributed by atoms with Gasteiger partial charge < -0.3 is 10.0 Å². The predicted octanol–water partition coefficient (Wildman–Crippen LogP) is 1.60. The van der Waals surface area contributed by atoms with Gasteiger partial charge in [0.2, 0.25) is 0 Å². The number of amides is 1. The van der Waals surface area contributed by atoms with Gasteiger partial charge in [-0.1, -0.05) is 0 Å². The van der Waals surface area contributed by atoms with Gasteiger partial charge >= 0.3 is 5.97 Å². The molecule has 0 aromatic carbocycles. The first-order chi connectivity index (χ1) is 10.3. The van der Waals surface area contributed by atoms with Crippen molar-refractivity contribution in [2.75, 3.05) is 6.54 Å². The molecular formula is C15H20N4O3. The summed E-state index contributed by atoms with van der Waals surface area (Å²) < 4.78 is 1.67. The van der Waals surface area contributed by atoms with Crippen molar-refractivity contribution in [1.29, 1.82) is 0 Å². The Morgan fingerprint density at radius 1 is 1.41 bits per heavy atom. The van der Waals surface area contributed by atoms with Crippen LogP contribution in [0.3, 0.4) is 0 Å². The molecule has 22 heavy (non-hydrogen) atoms. The monoisotopic (exact) mass is 304 g/mol. The summed E-state index contributed by atoms with van der Waals surface area (Å²) in [4.78, 5) is 29.2. The van der Waals surface area contributed by atoms with Crippen molar-refractivity contribution in [3.63, 3.8) is 0 Å². The van der Waals surface area contributed by atoms with Gasteiger partial charge in [-0.2, -0.15) is 5.10 Å². The van der Waals surface area contributed by atoms with Crippen LogP contribution in [-0.2, 0) is 11.8 Å². The van der Waals surface area contributed by atoms with E-state index in [1.807, 2.05) is 20.8 Å². The molecule has 2 aromatic rings. The maximum absolute atomic E-state index is 12.6. The number of hydrogen-bond donors (Lipinski definition) is 1. The number of fused-ring (bicyclic) bond motifs is 1. The minimum absolute atomic E-state index is 0.0779. The van der Waals surface area contributed by atoms with E-state index in [9.17, 15) is 9.59 Å². The Labute approximate surface area is 128 Å². The van der Waals surface area contributed by atoms with Crippen LogP contribution in [0.15, 0.2) is 12.3 Å². The van der Waals surface area contributed by atoms with E-state index in [0.29, 0.717) is 5.56 Å². The van der Waals surface area contributed by atoms with Crippen LogP contribution in [0.25, 0.3) is 11.0 Å². The van der Waals surface area contributed by atoms with Crippen molar-refractivity contribution in [3.8, 4) is 0 Å². The number of aromatic nitrogens is 3. The molecule has 2 heterocycles. The van der Waals surface area contributed by atoms with Gasteiger partial charge in [-0.3, -0.25) is 14.3 Å². The smallest absolute Gasteiger partial charge is 0.305 e. The number of carbonyl (C=O) groups excluding carboxylic acids is 1. The number of aryl methyl sites for hydroxylation is 2. The first-order valence-electron chi connectivity index (χ1n) is 7.13. The summed E-state index contributed by atoms with van der Waals surface area (Å²) in [6.45, 7) is 5.76. The van der Waals surface area contributed by atoms with Crippen LogP contribution < -0.4 is 0 Å². The molecule has 0 unspecified atom stereocenters. The molecule has 0 aliphatic heterocycles. The molecule has 0 saturated heterocycles. The van der Waals surface area contributed by atoms with E-state index in [0.717, 1.165) is 16.7 Å². The number of carbonyl (C=O) groups is 2. The molecule has 2 rings (SSSR count). The largest absolute Gasteiger partial charge is 0.481 e. The molecule has 7 nitrogen and oxygen atoms in total. The number of carboxylic acid groups (broad SMARTS) is 1. The molecule has 0 spiro atoms. The van der Waals surface area contributed by atoms with Gasteiger partial charge in [-0.05, 0) is 26.8 Å². The molecule has 1 N–H and O–H groups in total. The normalized spacial score (nSPS) is 11.1. The van der Waals surface area contributed by atoms with E-state index in [-0.39, 0.29) is 24.9 Å². The molecule has 0 saturated carbocycles. The van der Waals surface area contributed by atoms with Crippen molar-refractivity contribution < 1.29 is 14.7 Å². The Balaban J connectivity index is 2.33. The number of hydrogen-bond acceptors (Lipinski definition) is 4. The fourth-order valence-corrected chi connectivity index (χ4v) is 2.40. The highest BCUT2D eigenvalue weighted by molar-refractivity contribution is 5.97. The number of carboxylic acids is 1. The van der Waals surface area contributed by atoms with E-state index in [4.69, 9.17) is 5.11 Å². The van der Waals surface area contributed by atoms with Crippen molar-refractivity contribution >= 4 is 22.9 Å². The summed E-state index contributed by atoms with van der Waals surface area (Å²) in [5, 5.41) is 13.9. The fourth-order valence-electron chi connectivity index (χ4n) is 2.40. The van der Waals surface area contributed by atoms with Crippen molar-refractivity contribution in [2.45, 2.75) is 33.2 Å². The third kappa shape index (κ3) is 3.08. The second-order valence-corrected chi connectivity index (χ2v) is 5.54. The molecular weight excluding hydrogens is 284 g/mol. The molecule has 1 amide bonds. The lowest BCUT2D eigenvalue weighted by Crippen LogP contribution is -2.38. The van der Waals surface area contributed by atoms with Crippen LogP contribution in [0.2, 0.25) is 0 Å². The number of pyridine rings is 1. The highest BCUT2D eigenvalue weighted by Gasteiger charge is 2.21. The van der Waals surface area contributed by atoms with Crippen LogP contribution in [0.1, 0.15) is 36.3 Å². The second-order valence-electron chi connectivity index (χ2n) is 5.54. The first kappa shape index (κ1) is 15.9. The molecule has 0 radical (unpaired) electrons. The van der Waals surface area contributed by atoms with Crippen molar-refractivity contribution in [1.82, 2.24) is 19.7 Å². The number of rotatable bonds is 5. The molecule has 2 aromatic heterocycles. The summed E-state index contributed by atoms with van der Waals surface area (Å²) >= 11 is 0. The van der Waals surface area contributed by atoms with E-state index in [1.165, 1.54) is 6.20 Å². The predicted molar refractivity (Wildman–Crippen MR) is 81.7 cm³/mol. The topological polar surface area (TPSA) is 88.3 Å². The Morgan fingerprint density at radius 3 is 2.68 bits per heavy atom. The molecule has 0 aliphatic rings. The fraction of sp³-hybridized carbons (Fsp3) is 0.467. The van der Waals surface area contributed by atoms with Gasteiger partial charge in [0.05, 0.1) is 17.7 Å². The van der Waals surface area contributed by atoms with Gasteiger partial charge in [0.15, 0.2) is 5.65 Å². The third-order valence-electron chi connectivity index (χ3n) is 3.56. The zero-order valence-corrected chi connectivity index (χ0v) is 13.2. The standard InChI is InChI=1S/C15H20N4O3/c1-9(2)19(6-5-13(20)21)15(22)11-7-12-10(3)17-18(4)14(12)16-8-11/h7-9H,5-6H2,1-4H3,(H,20,21). The highest BCUT2D eigenvalue weighted by atomic mass is 16.4. The van der Waals surface area contributed by atoms with E-state index < -0.39 is 5.97 Å². The van der Waals surface area contributed by atoms with Crippen LogP contribution in [-0.4, -0.2) is 49.2 Å². The first-order valence-corrected chi connectivity index (χ1v) is 7.13. The quantitative estimate of drug-likeness (QED) is 0.906. The zero-order chi connectivity index (χ0) is 16.4. The Bertz CT molecular complexity index is 721. The summed E-state index contributed by atoms with van der Waals surface area (Å²) in [6, 6.07) is 1.68. The summed E-state index contributed by atoms with van der Waals surface area (Å²) in [5.41, 5.74) is 1.97. The lowest BCUT2D eigenvalue weighted by atomic mass is 10.1. The minimum atomic E-state index is -0.921. The molecule has 118 valence electrons. The molecule has 0 aliphatic carbocycles. The van der Waals surface area contributed by atoms with E-state index in [1.54, 1.807) is 22.7 Å². The summed E-state index contributed by atoms with van der Waals surface area (Å²) in [7, 11) is 1.80. The van der Waals surface area contributed by atoms with Crippen LogP contribution in [0, 0.1) is 6.92 Å². The summed E-state index contributed by atoms with van der Waals surface area (Å²) in [5.74, 6) is -1.14. The maximum atomic E-state index is 12.6. The lowest BCUT2D eigenvalue weighted by molar-refractivity contribution is -0.137. The van der Waals surface area contributed by atoms with Gasteiger partial charge in [0.1, 0.15) is 0 Å². The van der Waals surface area contributed by atoms with Crippen molar-refractivity contribution in [2.24, 2.45) is 7.05 Å². The van der Waals surface area contributed by atoms with Gasteiger partial charge in [-0.15, -0.1) is 0 Å². The zero-order valence-electron chi connectivity index (χ0n) is 13.2. The van der Waals surface area contributed by atoms with Gasteiger partial charge in [0.25, 0.3) is 5.91 Å². The minimum Gasteiger partial charge on any atom is -0.481 e. The summed E-state index contributed by atoms with van der Waals surface area (Å²) in [6.07, 6.45) is 1.44. The highest BCUT2D eigenvalue weighted by Crippen LogP contribution is 2.18. The van der Waals surface area contributed by atoms with E-state index >= 15 is 0 Å². The van der Waals surface area contributed by atoms with Gasteiger partial charge in [0, 0.05) is 31.2 Å². The average molecular weight is 304 g/mol. The SMILES string of the molecule is Cc1nn(C)c2ncc(C(=O)N(CCC(=O)O)C(C)C)cc12. The van der Waals surface area contributed by atoms with Crippen LogP contribution >= 0.6 is 0 Å². The molecule has 7 heteroatoms. The number of nitrogens with zero attached hydrogens (tertiary/aromatic N) is 4. The average Bonchev–Trinajstić information content (AvgIpc) is 2.73. The van der Waals surface area contributed by atoms with Crippen molar-refractivity contribution in [3.05, 3.63) is 23.5 Å². The van der Waals surface area contributed by atoms with Gasteiger partial charge in [-0.25, -0.2) is 4.98 Å². The molecule has 0 fully saturated rings. The maximum Gasteiger partial charge on any atom is 0.305 e. The molecule has 0 atom stereocenters. The Morgan fingerprint density at radius 2 is 2.09 bits per heavy atom. The van der Waals surface area contributed by atoms with E-state index in [2.05, 4.69) is 10.1 Å². The molecule has 0 bridgehead atoms. The lowest BCUT2D eigenvalue weighted by Gasteiger charge is -2.26.